The van der Waals surface area contributed by atoms with E-state index in [0.29, 0.717) is 0 Å². The number of hydrogen-bond acceptors (Lipinski definition) is 1. The summed E-state index contributed by atoms with van der Waals surface area (Å²) < 4.78 is 165. The summed E-state index contributed by atoms with van der Waals surface area (Å²) in [7, 11) is 0.265. The third kappa shape index (κ3) is 3.66. The van der Waals surface area contributed by atoms with Crippen LogP contribution in [0.25, 0.3) is 0 Å². The third-order valence-electron chi connectivity index (χ3n) is 2.31. The molecule has 0 spiro atoms. The van der Waals surface area contributed by atoms with Crippen molar-refractivity contribution in [1.82, 2.24) is 0 Å². The number of rotatable bonds is 5. The molecule has 0 saturated carbocycles. The van der Waals surface area contributed by atoms with E-state index < -0.39 is 48.1 Å². The summed E-state index contributed by atoms with van der Waals surface area (Å²) in [6.07, 6.45) is -13.9. The normalized spacial score (nSPS) is 16.4. The molecule has 0 aromatic carbocycles. The van der Waals surface area contributed by atoms with Crippen molar-refractivity contribution in [3.8, 4) is 0 Å². The molecule has 0 fully saturated rings. The molecule has 0 aliphatic carbocycles. The van der Waals surface area contributed by atoms with Crippen LogP contribution < -0.4 is 0 Å². The van der Waals surface area contributed by atoms with Gasteiger partial charge in [-0.1, -0.05) is 0 Å². The summed E-state index contributed by atoms with van der Waals surface area (Å²) >= 11 is 0. The van der Waals surface area contributed by atoms with E-state index in [1.54, 1.807) is 0 Å². The van der Waals surface area contributed by atoms with Gasteiger partial charge in [0.05, 0.1) is 12.2 Å². The Morgan fingerprint density at radius 2 is 1.09 bits per heavy atom. The standard InChI is InChI=1S/C9H5F13O/c1-23-2-3(4(10)6(13,14)8(17,18)19)5(11,12)7(15,16)9(20,21)22/h2H2,1H3/b4-3-. The molecule has 0 saturated heterocycles. The van der Waals surface area contributed by atoms with Gasteiger partial charge < -0.3 is 4.74 Å². The average molecular weight is 376 g/mol. The first-order valence-corrected chi connectivity index (χ1v) is 5.01. The highest BCUT2D eigenvalue weighted by Crippen LogP contribution is 2.53. The summed E-state index contributed by atoms with van der Waals surface area (Å²) in [6, 6.07) is 0. The second-order valence-corrected chi connectivity index (χ2v) is 3.94. The number of halogens is 13. The van der Waals surface area contributed by atoms with Gasteiger partial charge in [0.25, 0.3) is 0 Å². The van der Waals surface area contributed by atoms with Gasteiger partial charge in [-0.2, -0.15) is 52.7 Å². The minimum absolute atomic E-state index is 0.265. The van der Waals surface area contributed by atoms with Crippen LogP contribution in [0.5, 0.6) is 0 Å². The van der Waals surface area contributed by atoms with Crippen molar-refractivity contribution in [2.24, 2.45) is 0 Å². The SMILES string of the molecule is COC/C(=C(/F)C(F)(F)C(F)(F)F)C(F)(F)C(F)(F)C(F)(F)F. The largest absolute Gasteiger partial charge is 0.460 e. The highest BCUT2D eigenvalue weighted by atomic mass is 19.4. The third-order valence-corrected chi connectivity index (χ3v) is 2.31. The van der Waals surface area contributed by atoms with Crippen molar-refractivity contribution in [2.45, 2.75) is 30.1 Å². The lowest BCUT2D eigenvalue weighted by molar-refractivity contribution is -0.346. The minimum atomic E-state index is -7.13. The molecule has 14 heteroatoms. The van der Waals surface area contributed by atoms with Crippen molar-refractivity contribution in [3.05, 3.63) is 11.4 Å². The quantitative estimate of drug-likeness (QED) is 0.621. The molecule has 23 heavy (non-hydrogen) atoms. The monoisotopic (exact) mass is 376 g/mol. The molecular weight excluding hydrogens is 371 g/mol. The topological polar surface area (TPSA) is 9.23 Å². The van der Waals surface area contributed by atoms with Crippen LogP contribution in [0.1, 0.15) is 0 Å². The van der Waals surface area contributed by atoms with E-state index in [9.17, 15) is 57.1 Å². The molecule has 0 radical (unpaired) electrons. The van der Waals surface area contributed by atoms with Gasteiger partial charge in [-0.05, 0) is 0 Å². The zero-order chi connectivity index (χ0) is 19.1. The van der Waals surface area contributed by atoms with Crippen molar-refractivity contribution < 1.29 is 61.8 Å². The molecule has 0 atom stereocenters. The molecule has 0 aliphatic heterocycles. The molecule has 0 amide bonds. The second-order valence-electron chi connectivity index (χ2n) is 3.94. The Labute approximate surface area is 118 Å². The maximum absolute atomic E-state index is 13.2. The Kier molecular flexibility index (Phi) is 5.70. The molecule has 0 aromatic rings. The van der Waals surface area contributed by atoms with Crippen LogP contribution in [0.4, 0.5) is 57.1 Å². The van der Waals surface area contributed by atoms with Crippen LogP contribution in [0, 0.1) is 0 Å². The first kappa shape index (κ1) is 21.8. The molecule has 0 bridgehead atoms. The molecule has 0 unspecified atom stereocenters. The van der Waals surface area contributed by atoms with E-state index in [-0.39, 0.29) is 7.11 Å². The maximum Gasteiger partial charge on any atom is 0.460 e. The summed E-state index contributed by atoms with van der Waals surface area (Å²) in [5.41, 5.74) is -3.48. The van der Waals surface area contributed by atoms with Crippen molar-refractivity contribution in [2.75, 3.05) is 13.7 Å². The number of alkyl halides is 12. The van der Waals surface area contributed by atoms with Crippen molar-refractivity contribution in [1.29, 1.82) is 0 Å². The lowest BCUT2D eigenvalue weighted by Gasteiger charge is -2.31. The molecule has 0 N–H and O–H groups in total. The van der Waals surface area contributed by atoms with Crippen LogP contribution in [-0.4, -0.2) is 43.8 Å². The van der Waals surface area contributed by atoms with Crippen molar-refractivity contribution in [3.63, 3.8) is 0 Å². The Morgan fingerprint density at radius 3 is 1.35 bits per heavy atom. The summed E-state index contributed by atoms with van der Waals surface area (Å²) in [6.45, 7) is -2.38. The maximum atomic E-state index is 13.2. The van der Waals surface area contributed by atoms with Gasteiger partial charge in [0, 0.05) is 7.11 Å². The minimum Gasteiger partial charge on any atom is -0.380 e. The molecule has 138 valence electrons. The fraction of sp³-hybridized carbons (Fsp3) is 0.778. The van der Waals surface area contributed by atoms with Gasteiger partial charge in [0.1, 0.15) is 0 Å². The van der Waals surface area contributed by atoms with E-state index in [0.717, 1.165) is 0 Å². The smallest absolute Gasteiger partial charge is 0.380 e. The second kappa shape index (κ2) is 6.02. The molecule has 1 nitrogen and oxygen atoms in total. The molecule has 0 heterocycles. The fourth-order valence-corrected chi connectivity index (χ4v) is 1.12. The van der Waals surface area contributed by atoms with Crippen LogP contribution >= 0.6 is 0 Å². The van der Waals surface area contributed by atoms with E-state index in [4.69, 9.17) is 0 Å². The Bertz CT molecular complexity index is 455. The highest BCUT2D eigenvalue weighted by molar-refractivity contribution is 5.28. The van der Waals surface area contributed by atoms with Gasteiger partial charge in [0.2, 0.25) is 0 Å². The molecule has 0 rings (SSSR count). The fourth-order valence-electron chi connectivity index (χ4n) is 1.12. The first-order chi connectivity index (χ1) is 9.85. The zero-order valence-corrected chi connectivity index (χ0v) is 10.5. The summed E-state index contributed by atoms with van der Waals surface area (Å²) in [5, 5.41) is 0. The van der Waals surface area contributed by atoms with E-state index in [1.807, 2.05) is 0 Å². The lowest BCUT2D eigenvalue weighted by atomic mass is 9.99. The van der Waals surface area contributed by atoms with Crippen LogP contribution in [0.3, 0.4) is 0 Å². The predicted octanol–water partition coefficient (Wildman–Crippen LogP) is 4.89. The molecular formula is C9H5F13O. The van der Waals surface area contributed by atoms with Crippen LogP contribution in [0.15, 0.2) is 11.4 Å². The van der Waals surface area contributed by atoms with Crippen LogP contribution in [0.2, 0.25) is 0 Å². The van der Waals surface area contributed by atoms with Gasteiger partial charge in [-0.3, -0.25) is 0 Å². The Morgan fingerprint density at radius 1 is 0.696 bits per heavy atom. The van der Waals surface area contributed by atoms with Gasteiger partial charge >= 0.3 is 30.1 Å². The Hall–Kier alpha value is -1.21. The number of allylic oxidation sites excluding steroid dienone is 1. The van der Waals surface area contributed by atoms with E-state index in [2.05, 4.69) is 4.74 Å². The van der Waals surface area contributed by atoms with Gasteiger partial charge in [0.15, 0.2) is 5.83 Å². The number of ether oxygens (including phenoxy) is 1. The first-order valence-electron chi connectivity index (χ1n) is 5.01. The zero-order valence-electron chi connectivity index (χ0n) is 10.5. The summed E-state index contributed by atoms with van der Waals surface area (Å²) in [5.74, 6) is -24.8. The average Bonchev–Trinajstić information content (AvgIpc) is 2.31. The predicted molar refractivity (Wildman–Crippen MR) is 47.0 cm³/mol. The Balaban J connectivity index is 6.45. The molecule has 0 aromatic heterocycles. The van der Waals surface area contributed by atoms with Crippen molar-refractivity contribution >= 4 is 0 Å². The summed E-state index contributed by atoms with van der Waals surface area (Å²) in [4.78, 5) is 0. The number of hydrogen-bond donors (Lipinski definition) is 0. The lowest BCUT2D eigenvalue weighted by Crippen LogP contribution is -2.54. The molecule has 0 aliphatic rings. The highest BCUT2D eigenvalue weighted by Gasteiger charge is 2.76. The van der Waals surface area contributed by atoms with E-state index in [1.165, 1.54) is 0 Å². The van der Waals surface area contributed by atoms with Gasteiger partial charge in [-0.15, -0.1) is 0 Å². The van der Waals surface area contributed by atoms with Gasteiger partial charge in [-0.25, -0.2) is 4.39 Å². The van der Waals surface area contributed by atoms with Crippen LogP contribution in [-0.2, 0) is 4.74 Å². The van der Waals surface area contributed by atoms with E-state index >= 15 is 0 Å². The number of methoxy groups -OCH3 is 1.